The van der Waals surface area contributed by atoms with E-state index in [0.29, 0.717) is 21.8 Å². The van der Waals surface area contributed by atoms with E-state index in [1.165, 1.54) is 0 Å². The van der Waals surface area contributed by atoms with Crippen molar-refractivity contribution in [1.29, 1.82) is 0 Å². The van der Waals surface area contributed by atoms with E-state index in [-0.39, 0.29) is 0 Å². The normalized spacial score (nSPS) is 11.2. The van der Waals surface area contributed by atoms with E-state index in [4.69, 9.17) is 33.5 Å². The first-order valence-corrected chi connectivity index (χ1v) is 6.44. The van der Waals surface area contributed by atoms with E-state index in [0.717, 1.165) is 23.2 Å². The molecule has 0 unspecified atom stereocenters. The van der Waals surface area contributed by atoms with Crippen LogP contribution in [0.4, 0.5) is 5.88 Å². The molecule has 2 aromatic rings. The highest BCUT2D eigenvalue weighted by Gasteiger charge is 2.17. The zero-order valence-electron chi connectivity index (χ0n) is 10.2. The van der Waals surface area contributed by atoms with Crippen LogP contribution in [-0.2, 0) is 6.42 Å². The molecule has 3 nitrogen and oxygen atoms in total. The fourth-order valence-corrected chi connectivity index (χ4v) is 2.12. The van der Waals surface area contributed by atoms with Crippen molar-refractivity contribution in [1.82, 2.24) is 5.16 Å². The summed E-state index contributed by atoms with van der Waals surface area (Å²) in [5.41, 5.74) is 8.36. The Morgan fingerprint density at radius 1 is 1.28 bits per heavy atom. The van der Waals surface area contributed by atoms with Gasteiger partial charge in [0, 0.05) is 0 Å². The second kappa shape index (κ2) is 5.21. The van der Waals surface area contributed by atoms with Crippen LogP contribution in [0.1, 0.15) is 19.5 Å². The largest absolute Gasteiger partial charge is 0.367 e. The minimum absolute atomic E-state index is 0.309. The van der Waals surface area contributed by atoms with Gasteiger partial charge in [0.25, 0.3) is 0 Å². The van der Waals surface area contributed by atoms with Gasteiger partial charge in [0.15, 0.2) is 0 Å². The standard InChI is InChI=1S/C13H14Cl2N2O/c1-7(2)5-11-12(13(16)18-17-11)8-3-4-9(14)10(15)6-8/h3-4,6-7H,5,16H2,1-2H3. The van der Waals surface area contributed by atoms with Crippen molar-refractivity contribution in [2.75, 3.05) is 5.73 Å². The highest BCUT2D eigenvalue weighted by atomic mass is 35.5. The molecule has 0 radical (unpaired) electrons. The van der Waals surface area contributed by atoms with Gasteiger partial charge in [-0.3, -0.25) is 0 Å². The van der Waals surface area contributed by atoms with Gasteiger partial charge in [-0.05, 0) is 30.0 Å². The van der Waals surface area contributed by atoms with E-state index >= 15 is 0 Å². The van der Waals surface area contributed by atoms with Gasteiger partial charge in [0.05, 0.1) is 21.3 Å². The SMILES string of the molecule is CC(C)Cc1noc(N)c1-c1ccc(Cl)c(Cl)c1. The van der Waals surface area contributed by atoms with Crippen LogP contribution in [0.3, 0.4) is 0 Å². The Balaban J connectivity index is 2.48. The molecule has 0 amide bonds. The molecular weight excluding hydrogens is 271 g/mol. The van der Waals surface area contributed by atoms with E-state index in [1.54, 1.807) is 12.1 Å². The maximum absolute atomic E-state index is 6.02. The highest BCUT2D eigenvalue weighted by Crippen LogP contribution is 2.34. The fraction of sp³-hybridized carbons (Fsp3) is 0.308. The topological polar surface area (TPSA) is 52.0 Å². The molecule has 0 saturated carbocycles. The van der Waals surface area contributed by atoms with E-state index in [9.17, 15) is 0 Å². The van der Waals surface area contributed by atoms with E-state index in [1.807, 2.05) is 6.07 Å². The summed E-state index contributed by atoms with van der Waals surface area (Å²) in [6.07, 6.45) is 0.802. The molecule has 96 valence electrons. The minimum Gasteiger partial charge on any atom is -0.367 e. The van der Waals surface area contributed by atoms with Crippen molar-refractivity contribution >= 4 is 29.1 Å². The molecule has 0 atom stereocenters. The third kappa shape index (κ3) is 2.62. The predicted molar refractivity (Wildman–Crippen MR) is 74.9 cm³/mol. The van der Waals surface area contributed by atoms with Crippen LogP contribution in [-0.4, -0.2) is 5.16 Å². The van der Waals surface area contributed by atoms with Gasteiger partial charge in [-0.15, -0.1) is 0 Å². The molecule has 0 fully saturated rings. The molecule has 0 aliphatic heterocycles. The van der Waals surface area contributed by atoms with E-state index < -0.39 is 0 Å². The van der Waals surface area contributed by atoms with Gasteiger partial charge in [-0.2, -0.15) is 0 Å². The smallest absolute Gasteiger partial charge is 0.230 e. The Hall–Kier alpha value is -1.19. The first-order chi connectivity index (χ1) is 8.49. The van der Waals surface area contributed by atoms with Crippen LogP contribution in [0.15, 0.2) is 22.7 Å². The van der Waals surface area contributed by atoms with Crippen LogP contribution in [0.2, 0.25) is 10.0 Å². The summed E-state index contributed by atoms with van der Waals surface area (Å²) < 4.78 is 5.07. The Bertz CT molecular complexity index is 564. The molecule has 0 bridgehead atoms. The summed E-state index contributed by atoms with van der Waals surface area (Å²) in [4.78, 5) is 0. The number of rotatable bonds is 3. The third-order valence-corrected chi connectivity index (χ3v) is 3.34. The second-order valence-corrected chi connectivity index (χ2v) is 5.41. The summed E-state index contributed by atoms with van der Waals surface area (Å²) >= 11 is 11.9. The molecule has 0 spiro atoms. The number of anilines is 1. The van der Waals surface area contributed by atoms with Crippen molar-refractivity contribution in [3.05, 3.63) is 33.9 Å². The van der Waals surface area contributed by atoms with Crippen LogP contribution in [0, 0.1) is 5.92 Å². The molecule has 1 aromatic heterocycles. The molecule has 0 saturated heterocycles. The lowest BCUT2D eigenvalue weighted by molar-refractivity contribution is 0.422. The third-order valence-electron chi connectivity index (χ3n) is 2.60. The van der Waals surface area contributed by atoms with Crippen LogP contribution in [0.25, 0.3) is 11.1 Å². The lowest BCUT2D eigenvalue weighted by Crippen LogP contribution is -1.97. The number of halogens is 2. The molecule has 2 N–H and O–H groups in total. The number of nitrogen functional groups attached to an aromatic ring is 1. The molecule has 18 heavy (non-hydrogen) atoms. The number of aromatic nitrogens is 1. The van der Waals surface area contributed by atoms with Crippen molar-refractivity contribution in [2.24, 2.45) is 5.92 Å². The Morgan fingerprint density at radius 3 is 2.61 bits per heavy atom. The number of nitrogens with two attached hydrogens (primary N) is 1. The summed E-state index contributed by atoms with van der Waals surface area (Å²) in [5.74, 6) is 0.778. The van der Waals surface area contributed by atoms with Crippen molar-refractivity contribution in [2.45, 2.75) is 20.3 Å². The lowest BCUT2D eigenvalue weighted by Gasteiger charge is -2.06. The minimum atomic E-state index is 0.309. The van der Waals surface area contributed by atoms with Gasteiger partial charge < -0.3 is 10.3 Å². The number of hydrogen-bond acceptors (Lipinski definition) is 3. The molecular formula is C13H14Cl2N2O. The maximum Gasteiger partial charge on any atom is 0.230 e. The predicted octanol–water partition coefficient (Wildman–Crippen LogP) is 4.43. The molecule has 2 rings (SSSR count). The van der Waals surface area contributed by atoms with Gasteiger partial charge >= 0.3 is 0 Å². The van der Waals surface area contributed by atoms with Gasteiger partial charge in [-0.1, -0.05) is 48.3 Å². The quantitative estimate of drug-likeness (QED) is 0.907. The molecule has 0 aliphatic rings. The molecule has 5 heteroatoms. The van der Waals surface area contributed by atoms with Gasteiger partial charge in [0.1, 0.15) is 0 Å². The monoisotopic (exact) mass is 284 g/mol. The number of benzene rings is 1. The Kier molecular flexibility index (Phi) is 3.83. The van der Waals surface area contributed by atoms with Gasteiger partial charge in [0.2, 0.25) is 5.88 Å². The van der Waals surface area contributed by atoms with Crippen molar-refractivity contribution in [3.63, 3.8) is 0 Å². The van der Waals surface area contributed by atoms with Crippen LogP contribution < -0.4 is 5.73 Å². The average Bonchev–Trinajstić information content (AvgIpc) is 2.63. The second-order valence-electron chi connectivity index (χ2n) is 4.60. The summed E-state index contributed by atoms with van der Waals surface area (Å²) in [7, 11) is 0. The number of nitrogens with zero attached hydrogens (tertiary/aromatic N) is 1. The zero-order chi connectivity index (χ0) is 13.3. The number of hydrogen-bond donors (Lipinski definition) is 1. The van der Waals surface area contributed by atoms with E-state index in [2.05, 4.69) is 19.0 Å². The van der Waals surface area contributed by atoms with Crippen molar-refractivity contribution in [3.8, 4) is 11.1 Å². The summed E-state index contributed by atoms with van der Waals surface area (Å²) in [6, 6.07) is 5.38. The molecule has 1 heterocycles. The summed E-state index contributed by atoms with van der Waals surface area (Å²) in [5, 5.41) is 5.01. The summed E-state index contributed by atoms with van der Waals surface area (Å²) in [6.45, 7) is 4.23. The lowest BCUT2D eigenvalue weighted by atomic mass is 10.00. The molecule has 1 aromatic carbocycles. The first-order valence-electron chi connectivity index (χ1n) is 5.68. The van der Waals surface area contributed by atoms with Crippen LogP contribution >= 0.6 is 23.2 Å². The average molecular weight is 285 g/mol. The van der Waals surface area contributed by atoms with Crippen LogP contribution in [0.5, 0.6) is 0 Å². The fourth-order valence-electron chi connectivity index (χ4n) is 1.82. The highest BCUT2D eigenvalue weighted by molar-refractivity contribution is 6.42. The van der Waals surface area contributed by atoms with Gasteiger partial charge in [-0.25, -0.2) is 0 Å². The first kappa shape index (κ1) is 13.2. The Labute approximate surface area is 116 Å². The molecule has 0 aliphatic carbocycles. The Morgan fingerprint density at radius 2 is 2.00 bits per heavy atom. The van der Waals surface area contributed by atoms with Crippen molar-refractivity contribution < 1.29 is 4.52 Å². The maximum atomic E-state index is 6.02. The zero-order valence-corrected chi connectivity index (χ0v) is 11.7.